The molecule has 176 valence electrons. The Hall–Kier alpha value is -3.85. The molecule has 2 aromatic carbocycles. The van der Waals surface area contributed by atoms with E-state index < -0.39 is 12.0 Å². The van der Waals surface area contributed by atoms with Crippen LogP contribution >= 0.6 is 11.3 Å². The first-order chi connectivity index (χ1) is 16.4. The van der Waals surface area contributed by atoms with Crippen molar-refractivity contribution in [1.82, 2.24) is 4.57 Å². The van der Waals surface area contributed by atoms with E-state index in [1.54, 1.807) is 32.1 Å². The lowest BCUT2D eigenvalue weighted by Crippen LogP contribution is -2.39. The molecule has 0 amide bonds. The van der Waals surface area contributed by atoms with Crippen LogP contribution in [0.15, 0.2) is 63.5 Å². The zero-order chi connectivity index (χ0) is 24.4. The van der Waals surface area contributed by atoms with Gasteiger partial charge in [-0.2, -0.15) is 0 Å². The second-order valence-corrected chi connectivity index (χ2v) is 8.50. The summed E-state index contributed by atoms with van der Waals surface area (Å²) in [6, 6.07) is 11.9. The molecule has 34 heavy (non-hydrogen) atoms. The Morgan fingerprint density at radius 1 is 1.18 bits per heavy atom. The average molecular weight is 481 g/mol. The van der Waals surface area contributed by atoms with Crippen LogP contribution in [0.3, 0.4) is 0 Å². The number of benzene rings is 2. The second-order valence-electron chi connectivity index (χ2n) is 7.49. The van der Waals surface area contributed by atoms with Gasteiger partial charge in [-0.25, -0.2) is 9.79 Å². The molecule has 1 atom stereocenters. The standard InChI is InChI=1S/C25H24N2O6S/c1-5-33-24(30)20-14(2)26-25-27(21(20)16-9-7-6-8-10-16)23(29)19(34-25)13-15-11-17(31-3)22(28)18(12-15)32-4/h6-13,21,28H,5H2,1-4H3/b19-13-/t21-/m1/s1. The maximum atomic E-state index is 13.6. The first kappa shape index (κ1) is 23.3. The van der Waals surface area contributed by atoms with E-state index in [0.717, 1.165) is 5.56 Å². The van der Waals surface area contributed by atoms with Crippen molar-refractivity contribution >= 4 is 23.4 Å². The summed E-state index contributed by atoms with van der Waals surface area (Å²) in [5, 5.41) is 10.2. The molecule has 0 unspecified atom stereocenters. The molecule has 2 heterocycles. The molecule has 0 aliphatic carbocycles. The quantitative estimate of drug-likeness (QED) is 0.545. The number of methoxy groups -OCH3 is 2. The van der Waals surface area contributed by atoms with E-state index in [-0.39, 0.29) is 29.4 Å². The zero-order valence-corrected chi connectivity index (χ0v) is 20.0. The third kappa shape index (κ3) is 4.10. The first-order valence-corrected chi connectivity index (χ1v) is 11.4. The average Bonchev–Trinajstić information content (AvgIpc) is 3.14. The van der Waals surface area contributed by atoms with Crippen LogP contribution in [-0.4, -0.2) is 36.5 Å². The lowest BCUT2D eigenvalue weighted by molar-refractivity contribution is -0.139. The monoisotopic (exact) mass is 480 g/mol. The van der Waals surface area contributed by atoms with Gasteiger partial charge in [-0.05, 0) is 43.2 Å². The van der Waals surface area contributed by atoms with Crippen LogP contribution in [-0.2, 0) is 9.53 Å². The minimum absolute atomic E-state index is 0.123. The van der Waals surface area contributed by atoms with Crippen molar-refractivity contribution in [1.29, 1.82) is 0 Å². The molecule has 9 heteroatoms. The maximum Gasteiger partial charge on any atom is 0.338 e. The van der Waals surface area contributed by atoms with Gasteiger partial charge in [0.1, 0.15) is 0 Å². The number of phenolic OH excluding ortho intramolecular Hbond substituents is 1. The van der Waals surface area contributed by atoms with Gasteiger partial charge in [-0.15, -0.1) is 0 Å². The molecule has 1 aliphatic heterocycles. The molecule has 1 aliphatic rings. The van der Waals surface area contributed by atoms with E-state index in [2.05, 4.69) is 4.99 Å². The molecule has 0 bridgehead atoms. The number of carbonyl (C=O) groups excluding carboxylic acids is 1. The normalized spacial score (nSPS) is 15.5. The summed E-state index contributed by atoms with van der Waals surface area (Å²) >= 11 is 1.21. The predicted octanol–water partition coefficient (Wildman–Crippen LogP) is 2.52. The Kier molecular flexibility index (Phi) is 6.56. The van der Waals surface area contributed by atoms with Crippen LogP contribution in [0.4, 0.5) is 0 Å². The van der Waals surface area contributed by atoms with Gasteiger partial charge in [0.25, 0.3) is 5.56 Å². The van der Waals surface area contributed by atoms with E-state index >= 15 is 0 Å². The molecular weight excluding hydrogens is 456 g/mol. The van der Waals surface area contributed by atoms with Gasteiger partial charge in [0, 0.05) is 0 Å². The van der Waals surface area contributed by atoms with Crippen molar-refractivity contribution in [2.75, 3.05) is 20.8 Å². The number of esters is 1. The summed E-state index contributed by atoms with van der Waals surface area (Å²) in [5.74, 6) is -0.177. The van der Waals surface area contributed by atoms with Gasteiger partial charge in [-0.1, -0.05) is 41.7 Å². The molecule has 0 radical (unpaired) electrons. The number of aromatic nitrogens is 1. The van der Waals surface area contributed by atoms with Gasteiger partial charge in [0.05, 0.1) is 42.7 Å². The smallest absolute Gasteiger partial charge is 0.338 e. The molecule has 0 spiro atoms. The number of allylic oxidation sites excluding steroid dienone is 1. The highest BCUT2D eigenvalue weighted by Gasteiger charge is 2.33. The minimum atomic E-state index is -0.664. The van der Waals surface area contributed by atoms with E-state index in [0.29, 0.717) is 26.2 Å². The van der Waals surface area contributed by atoms with Gasteiger partial charge in [0.2, 0.25) is 5.75 Å². The Labute approximate surface area is 199 Å². The van der Waals surface area contributed by atoms with Gasteiger partial charge < -0.3 is 19.3 Å². The van der Waals surface area contributed by atoms with E-state index in [1.165, 1.54) is 30.1 Å². The third-order valence-corrected chi connectivity index (χ3v) is 6.42. The maximum absolute atomic E-state index is 13.6. The number of phenols is 1. The molecular formula is C25H24N2O6S. The second kappa shape index (κ2) is 9.56. The molecule has 0 saturated carbocycles. The molecule has 3 aromatic rings. The topological polar surface area (TPSA) is 99.4 Å². The van der Waals surface area contributed by atoms with Crippen molar-refractivity contribution in [3.8, 4) is 17.2 Å². The Bertz CT molecular complexity index is 1430. The van der Waals surface area contributed by atoms with Crippen molar-refractivity contribution in [3.63, 3.8) is 0 Å². The number of carbonyl (C=O) groups is 1. The number of rotatable bonds is 6. The summed E-state index contributed by atoms with van der Waals surface area (Å²) < 4.78 is 17.7. The van der Waals surface area contributed by atoms with Crippen molar-refractivity contribution in [2.45, 2.75) is 19.9 Å². The fraction of sp³-hybridized carbons (Fsp3) is 0.240. The molecule has 1 aromatic heterocycles. The molecule has 8 nitrogen and oxygen atoms in total. The van der Waals surface area contributed by atoms with Crippen LogP contribution in [0.5, 0.6) is 17.2 Å². The summed E-state index contributed by atoms with van der Waals surface area (Å²) in [6.45, 7) is 3.70. The van der Waals surface area contributed by atoms with Gasteiger partial charge in [-0.3, -0.25) is 9.36 Å². The number of nitrogens with zero attached hydrogens (tertiary/aromatic N) is 2. The number of fused-ring (bicyclic) bond motifs is 1. The number of hydrogen-bond donors (Lipinski definition) is 1. The van der Waals surface area contributed by atoms with Crippen LogP contribution in [0.2, 0.25) is 0 Å². The highest BCUT2D eigenvalue weighted by Crippen LogP contribution is 2.37. The fourth-order valence-corrected chi connectivity index (χ4v) is 4.94. The number of aromatic hydroxyl groups is 1. The lowest BCUT2D eigenvalue weighted by atomic mass is 9.96. The molecule has 4 rings (SSSR count). The van der Waals surface area contributed by atoms with Crippen LogP contribution < -0.4 is 24.4 Å². The summed E-state index contributed by atoms with van der Waals surface area (Å²) in [7, 11) is 2.87. The van der Waals surface area contributed by atoms with E-state index in [9.17, 15) is 14.7 Å². The zero-order valence-electron chi connectivity index (χ0n) is 19.2. The fourth-order valence-electron chi connectivity index (χ4n) is 3.89. The van der Waals surface area contributed by atoms with Crippen LogP contribution in [0.25, 0.3) is 6.08 Å². The minimum Gasteiger partial charge on any atom is -0.502 e. The first-order valence-electron chi connectivity index (χ1n) is 10.6. The summed E-state index contributed by atoms with van der Waals surface area (Å²) in [4.78, 5) is 31.5. The van der Waals surface area contributed by atoms with Gasteiger partial charge >= 0.3 is 5.97 Å². The van der Waals surface area contributed by atoms with Gasteiger partial charge in [0.15, 0.2) is 16.3 Å². The summed E-state index contributed by atoms with van der Waals surface area (Å²) in [5.41, 5.74) is 1.93. The Balaban J connectivity index is 1.95. The van der Waals surface area contributed by atoms with Crippen LogP contribution in [0, 0.1) is 0 Å². The van der Waals surface area contributed by atoms with Crippen molar-refractivity contribution in [2.24, 2.45) is 4.99 Å². The van der Waals surface area contributed by atoms with E-state index in [4.69, 9.17) is 14.2 Å². The predicted molar refractivity (Wildman–Crippen MR) is 128 cm³/mol. The van der Waals surface area contributed by atoms with Crippen molar-refractivity contribution < 1.29 is 24.1 Å². The van der Waals surface area contributed by atoms with Crippen LogP contribution in [0.1, 0.15) is 31.0 Å². The largest absolute Gasteiger partial charge is 0.502 e. The third-order valence-electron chi connectivity index (χ3n) is 5.43. The Morgan fingerprint density at radius 2 is 1.82 bits per heavy atom. The molecule has 0 saturated heterocycles. The molecule has 1 N–H and O–H groups in total. The van der Waals surface area contributed by atoms with Crippen molar-refractivity contribution in [3.05, 3.63) is 84.5 Å². The molecule has 0 fully saturated rings. The SMILES string of the molecule is CCOC(=O)C1=C(C)N=c2s/c(=C\c3cc(OC)c(O)c(OC)c3)c(=O)n2[C@@H]1c1ccccc1. The van der Waals surface area contributed by atoms with E-state index in [1.807, 2.05) is 30.3 Å². The highest BCUT2D eigenvalue weighted by molar-refractivity contribution is 7.07. The Morgan fingerprint density at radius 3 is 2.41 bits per heavy atom. The lowest BCUT2D eigenvalue weighted by Gasteiger charge is -2.24. The summed E-state index contributed by atoms with van der Waals surface area (Å²) in [6.07, 6.45) is 1.68. The number of hydrogen-bond acceptors (Lipinski definition) is 8. The number of thiazole rings is 1. The number of ether oxygens (including phenoxy) is 3. The highest BCUT2D eigenvalue weighted by atomic mass is 32.1.